The predicted octanol–water partition coefficient (Wildman–Crippen LogP) is 2.27. The summed E-state index contributed by atoms with van der Waals surface area (Å²) in [7, 11) is 3.17. The Labute approximate surface area is 133 Å². The van der Waals surface area contributed by atoms with E-state index >= 15 is 0 Å². The number of nitrogens with zero attached hydrogens (tertiary/aromatic N) is 2. The lowest BCUT2D eigenvalue weighted by Crippen LogP contribution is -2.46. The summed E-state index contributed by atoms with van der Waals surface area (Å²) >= 11 is 0. The van der Waals surface area contributed by atoms with Crippen LogP contribution >= 0.6 is 0 Å². The van der Waals surface area contributed by atoms with Crippen molar-refractivity contribution in [3.63, 3.8) is 0 Å². The lowest BCUT2D eigenvalue weighted by molar-refractivity contribution is -0.148. The average Bonchev–Trinajstić information content (AvgIpc) is 2.45. The summed E-state index contributed by atoms with van der Waals surface area (Å²) < 4.78 is 10.2. The SMILES string of the molecule is COC(=O)[C@@H]1CCCCN1CCCN(C)C(=O)OC(C)(C)C. The minimum Gasteiger partial charge on any atom is -0.468 e. The molecule has 0 radical (unpaired) electrons. The Hall–Kier alpha value is -1.30. The molecule has 0 saturated carbocycles. The Morgan fingerprint density at radius 2 is 1.95 bits per heavy atom. The van der Waals surface area contributed by atoms with Crippen molar-refractivity contribution in [2.24, 2.45) is 0 Å². The molecule has 0 N–H and O–H groups in total. The number of ether oxygens (including phenoxy) is 2. The zero-order valence-corrected chi connectivity index (χ0v) is 14.6. The van der Waals surface area contributed by atoms with Crippen LogP contribution in [-0.4, -0.2) is 67.3 Å². The minimum atomic E-state index is -0.478. The van der Waals surface area contributed by atoms with E-state index in [1.807, 2.05) is 20.8 Å². The number of carbonyl (C=O) groups is 2. The van der Waals surface area contributed by atoms with Crippen LogP contribution in [-0.2, 0) is 14.3 Å². The van der Waals surface area contributed by atoms with Gasteiger partial charge in [0.25, 0.3) is 0 Å². The van der Waals surface area contributed by atoms with E-state index in [0.29, 0.717) is 6.54 Å². The lowest BCUT2D eigenvalue weighted by Gasteiger charge is -2.34. The Morgan fingerprint density at radius 1 is 1.27 bits per heavy atom. The van der Waals surface area contributed by atoms with Gasteiger partial charge in [-0.3, -0.25) is 9.69 Å². The van der Waals surface area contributed by atoms with Crippen molar-refractivity contribution in [1.82, 2.24) is 9.80 Å². The van der Waals surface area contributed by atoms with Gasteiger partial charge in [0.15, 0.2) is 0 Å². The van der Waals surface area contributed by atoms with E-state index < -0.39 is 5.60 Å². The maximum Gasteiger partial charge on any atom is 0.410 e. The predicted molar refractivity (Wildman–Crippen MR) is 84.7 cm³/mol. The van der Waals surface area contributed by atoms with Gasteiger partial charge in [0.2, 0.25) is 0 Å². The first-order valence-electron chi connectivity index (χ1n) is 8.00. The van der Waals surface area contributed by atoms with Crippen LogP contribution in [0.25, 0.3) is 0 Å². The van der Waals surface area contributed by atoms with Gasteiger partial charge in [0.05, 0.1) is 7.11 Å². The standard InChI is InChI=1S/C16H30N2O4/c1-16(2,3)22-15(20)17(4)10-8-12-18-11-7-6-9-13(18)14(19)21-5/h13H,6-12H2,1-5H3/t13-/m0/s1. The van der Waals surface area contributed by atoms with Crippen LogP contribution < -0.4 is 0 Å². The number of piperidine rings is 1. The Balaban J connectivity index is 2.38. The van der Waals surface area contributed by atoms with Crippen LogP contribution in [0.15, 0.2) is 0 Å². The van der Waals surface area contributed by atoms with Crippen molar-refractivity contribution >= 4 is 12.1 Å². The van der Waals surface area contributed by atoms with Gasteiger partial charge in [0, 0.05) is 20.1 Å². The fraction of sp³-hybridized carbons (Fsp3) is 0.875. The van der Waals surface area contributed by atoms with Crippen LogP contribution in [0.3, 0.4) is 0 Å². The third-order valence-corrected chi connectivity index (χ3v) is 3.73. The Morgan fingerprint density at radius 3 is 2.55 bits per heavy atom. The molecule has 0 aromatic rings. The van der Waals surface area contributed by atoms with E-state index in [9.17, 15) is 9.59 Å². The van der Waals surface area contributed by atoms with Crippen LogP contribution in [0.4, 0.5) is 4.79 Å². The zero-order valence-electron chi connectivity index (χ0n) is 14.6. The fourth-order valence-electron chi connectivity index (χ4n) is 2.60. The number of hydrogen-bond donors (Lipinski definition) is 0. The number of esters is 1. The van der Waals surface area contributed by atoms with Gasteiger partial charge in [-0.05, 0) is 46.6 Å². The molecule has 128 valence electrons. The van der Waals surface area contributed by atoms with Crippen molar-refractivity contribution in [3.8, 4) is 0 Å². The number of likely N-dealkylation sites (tertiary alicyclic amines) is 1. The van der Waals surface area contributed by atoms with Crippen LogP contribution in [0.5, 0.6) is 0 Å². The van der Waals surface area contributed by atoms with Crippen LogP contribution in [0.1, 0.15) is 46.5 Å². The summed E-state index contributed by atoms with van der Waals surface area (Å²) in [5.41, 5.74) is -0.478. The maximum absolute atomic E-state index is 11.9. The van der Waals surface area contributed by atoms with E-state index in [4.69, 9.17) is 9.47 Å². The minimum absolute atomic E-state index is 0.134. The molecule has 6 nitrogen and oxygen atoms in total. The van der Waals surface area contributed by atoms with Gasteiger partial charge in [-0.25, -0.2) is 4.79 Å². The number of hydrogen-bond acceptors (Lipinski definition) is 5. The molecular weight excluding hydrogens is 284 g/mol. The highest BCUT2D eigenvalue weighted by atomic mass is 16.6. The third kappa shape index (κ3) is 6.22. The quantitative estimate of drug-likeness (QED) is 0.729. The van der Waals surface area contributed by atoms with Crippen molar-refractivity contribution in [1.29, 1.82) is 0 Å². The highest BCUT2D eigenvalue weighted by molar-refractivity contribution is 5.75. The molecule has 6 heteroatoms. The molecule has 1 saturated heterocycles. The molecule has 1 fully saturated rings. The first-order valence-corrected chi connectivity index (χ1v) is 8.00. The van der Waals surface area contributed by atoms with Gasteiger partial charge in [-0.1, -0.05) is 6.42 Å². The van der Waals surface area contributed by atoms with E-state index in [0.717, 1.165) is 38.8 Å². The monoisotopic (exact) mass is 314 g/mol. The molecule has 1 rings (SSSR count). The van der Waals surface area contributed by atoms with Crippen LogP contribution in [0.2, 0.25) is 0 Å². The molecule has 1 aliphatic rings. The van der Waals surface area contributed by atoms with Crippen LogP contribution in [0, 0.1) is 0 Å². The highest BCUT2D eigenvalue weighted by Crippen LogP contribution is 2.18. The zero-order chi connectivity index (χ0) is 16.8. The normalized spacial score (nSPS) is 19.6. The summed E-state index contributed by atoms with van der Waals surface area (Å²) in [6.45, 7) is 7.87. The smallest absolute Gasteiger partial charge is 0.410 e. The van der Waals surface area contributed by atoms with Crippen molar-refractivity contribution in [2.45, 2.75) is 58.1 Å². The molecule has 22 heavy (non-hydrogen) atoms. The molecule has 0 spiro atoms. The van der Waals surface area contributed by atoms with Gasteiger partial charge in [0.1, 0.15) is 11.6 Å². The molecule has 0 unspecified atom stereocenters. The number of carbonyl (C=O) groups excluding carboxylic acids is 2. The van der Waals surface area contributed by atoms with Crippen molar-refractivity contribution in [2.75, 3.05) is 33.8 Å². The lowest BCUT2D eigenvalue weighted by atomic mass is 10.0. The fourth-order valence-corrected chi connectivity index (χ4v) is 2.60. The highest BCUT2D eigenvalue weighted by Gasteiger charge is 2.29. The largest absolute Gasteiger partial charge is 0.468 e. The van der Waals surface area contributed by atoms with E-state index in [1.165, 1.54) is 7.11 Å². The van der Waals surface area contributed by atoms with Crippen molar-refractivity contribution < 1.29 is 19.1 Å². The summed E-state index contributed by atoms with van der Waals surface area (Å²) in [4.78, 5) is 27.4. The summed E-state index contributed by atoms with van der Waals surface area (Å²) in [5, 5.41) is 0. The van der Waals surface area contributed by atoms with Gasteiger partial charge in [-0.2, -0.15) is 0 Å². The third-order valence-electron chi connectivity index (χ3n) is 3.73. The van der Waals surface area contributed by atoms with E-state index in [1.54, 1.807) is 11.9 Å². The molecule has 1 amide bonds. The first-order chi connectivity index (χ1) is 10.2. The second kappa shape index (κ2) is 8.36. The Kier molecular flexibility index (Phi) is 7.13. The summed E-state index contributed by atoms with van der Waals surface area (Å²) in [6, 6.07) is -0.134. The van der Waals surface area contributed by atoms with E-state index in [2.05, 4.69) is 4.90 Å². The average molecular weight is 314 g/mol. The Bertz CT molecular complexity index is 379. The first kappa shape index (κ1) is 18.7. The molecule has 0 bridgehead atoms. The molecule has 1 aliphatic heterocycles. The molecule has 0 aromatic carbocycles. The molecule has 0 aromatic heterocycles. The van der Waals surface area contributed by atoms with Gasteiger partial charge >= 0.3 is 12.1 Å². The second-order valence-corrected chi connectivity index (χ2v) is 6.83. The topological polar surface area (TPSA) is 59.1 Å². The number of methoxy groups -OCH3 is 1. The van der Waals surface area contributed by atoms with E-state index in [-0.39, 0.29) is 18.1 Å². The summed E-state index contributed by atoms with van der Waals surface area (Å²) in [6.07, 6.45) is 3.53. The molecule has 0 aliphatic carbocycles. The van der Waals surface area contributed by atoms with Gasteiger partial charge in [-0.15, -0.1) is 0 Å². The summed E-state index contributed by atoms with van der Waals surface area (Å²) in [5.74, 6) is -0.153. The number of rotatable bonds is 5. The van der Waals surface area contributed by atoms with Gasteiger partial charge < -0.3 is 14.4 Å². The van der Waals surface area contributed by atoms with Crippen molar-refractivity contribution in [3.05, 3.63) is 0 Å². The second-order valence-electron chi connectivity index (χ2n) is 6.83. The maximum atomic E-state index is 11.9. The molecule has 1 atom stereocenters. The number of amides is 1. The molecule has 1 heterocycles. The molecular formula is C16H30N2O4.